The Bertz CT molecular complexity index is 601. The van der Waals surface area contributed by atoms with Crippen LogP contribution in [0, 0.1) is 5.41 Å². The van der Waals surface area contributed by atoms with Crippen LogP contribution in [0.1, 0.15) is 33.1 Å². The average Bonchev–Trinajstić information content (AvgIpc) is 2.48. The summed E-state index contributed by atoms with van der Waals surface area (Å²) in [7, 11) is 0. The molecule has 1 saturated carbocycles. The SMILES string of the molecule is CCC1(CC)C(N)CC1Oc1cccc2cccnc12. The van der Waals surface area contributed by atoms with E-state index in [1.54, 1.807) is 0 Å². The van der Waals surface area contributed by atoms with Crippen molar-refractivity contribution in [3.05, 3.63) is 36.5 Å². The highest BCUT2D eigenvalue weighted by Crippen LogP contribution is 2.48. The molecule has 106 valence electrons. The first-order valence-electron chi connectivity index (χ1n) is 7.47. The van der Waals surface area contributed by atoms with Gasteiger partial charge in [0.15, 0.2) is 0 Å². The molecule has 0 aliphatic heterocycles. The molecule has 2 N–H and O–H groups in total. The summed E-state index contributed by atoms with van der Waals surface area (Å²) in [6.45, 7) is 4.42. The predicted octanol–water partition coefficient (Wildman–Crippen LogP) is 3.52. The van der Waals surface area contributed by atoms with Crippen molar-refractivity contribution >= 4 is 10.9 Å². The van der Waals surface area contributed by atoms with Crippen molar-refractivity contribution in [1.29, 1.82) is 0 Å². The molecule has 2 unspecified atom stereocenters. The van der Waals surface area contributed by atoms with Crippen LogP contribution in [0.4, 0.5) is 0 Å². The first-order chi connectivity index (χ1) is 9.71. The standard InChI is InChI=1S/C17H22N2O/c1-3-17(4-2)14(18)11-15(17)20-13-9-5-7-12-8-6-10-19-16(12)13/h5-10,14-15H,3-4,11,18H2,1-2H3. The van der Waals surface area contributed by atoms with Gasteiger partial charge in [-0.15, -0.1) is 0 Å². The summed E-state index contributed by atoms with van der Waals surface area (Å²) in [5.74, 6) is 0.881. The summed E-state index contributed by atoms with van der Waals surface area (Å²) in [6.07, 6.45) is 5.08. The normalized spacial score (nSPS) is 24.4. The third kappa shape index (κ3) is 1.88. The molecular formula is C17H22N2O. The second kappa shape index (κ2) is 5.06. The highest BCUT2D eigenvalue weighted by molar-refractivity contribution is 5.84. The van der Waals surface area contributed by atoms with Crippen LogP contribution in [0.3, 0.4) is 0 Å². The third-order valence-corrected chi connectivity index (χ3v) is 5.03. The lowest BCUT2D eigenvalue weighted by atomic mass is 9.59. The van der Waals surface area contributed by atoms with E-state index in [1.807, 2.05) is 24.4 Å². The lowest BCUT2D eigenvalue weighted by molar-refractivity contribution is -0.0716. The average molecular weight is 270 g/mol. The number of hydrogen-bond donors (Lipinski definition) is 1. The lowest BCUT2D eigenvalue weighted by Gasteiger charge is -2.53. The Morgan fingerprint density at radius 3 is 2.70 bits per heavy atom. The zero-order chi connectivity index (χ0) is 14.2. The number of para-hydroxylation sites is 1. The molecule has 1 aromatic heterocycles. The van der Waals surface area contributed by atoms with Gasteiger partial charge in [0.05, 0.1) is 0 Å². The number of nitrogens with zero attached hydrogens (tertiary/aromatic N) is 1. The minimum Gasteiger partial charge on any atom is -0.487 e. The van der Waals surface area contributed by atoms with E-state index in [-0.39, 0.29) is 17.6 Å². The molecule has 1 aliphatic rings. The molecule has 2 atom stereocenters. The number of aromatic nitrogens is 1. The van der Waals surface area contributed by atoms with Gasteiger partial charge in [-0.1, -0.05) is 32.0 Å². The molecule has 0 amide bonds. The topological polar surface area (TPSA) is 48.1 Å². The highest BCUT2D eigenvalue weighted by Gasteiger charge is 2.52. The first kappa shape index (κ1) is 13.4. The quantitative estimate of drug-likeness (QED) is 0.924. The van der Waals surface area contributed by atoms with Gasteiger partial charge in [0.25, 0.3) is 0 Å². The third-order valence-electron chi connectivity index (χ3n) is 5.03. The molecule has 3 rings (SSSR count). The second-order valence-electron chi connectivity index (χ2n) is 5.72. The number of fused-ring (bicyclic) bond motifs is 1. The smallest absolute Gasteiger partial charge is 0.145 e. The summed E-state index contributed by atoms with van der Waals surface area (Å²) >= 11 is 0. The van der Waals surface area contributed by atoms with Crippen molar-refractivity contribution in [3.8, 4) is 5.75 Å². The Morgan fingerprint density at radius 1 is 1.25 bits per heavy atom. The molecule has 0 radical (unpaired) electrons. The molecule has 2 aromatic rings. The van der Waals surface area contributed by atoms with Gasteiger partial charge in [0.1, 0.15) is 17.4 Å². The van der Waals surface area contributed by atoms with Gasteiger partial charge in [-0.3, -0.25) is 4.98 Å². The molecule has 3 nitrogen and oxygen atoms in total. The van der Waals surface area contributed by atoms with Gasteiger partial charge in [0.2, 0.25) is 0 Å². The summed E-state index contributed by atoms with van der Waals surface area (Å²) in [6, 6.07) is 10.4. The van der Waals surface area contributed by atoms with Crippen LogP contribution >= 0.6 is 0 Å². The fourth-order valence-corrected chi connectivity index (χ4v) is 3.50. The van der Waals surface area contributed by atoms with Crippen molar-refractivity contribution in [2.75, 3.05) is 0 Å². The molecule has 0 spiro atoms. The Kier molecular flexibility index (Phi) is 3.38. The molecule has 1 fully saturated rings. The Balaban J connectivity index is 1.91. The summed E-state index contributed by atoms with van der Waals surface area (Å²) in [5, 5.41) is 1.12. The molecule has 1 aromatic carbocycles. The van der Waals surface area contributed by atoms with Gasteiger partial charge < -0.3 is 10.5 Å². The molecule has 1 heterocycles. The Labute approximate surface area is 120 Å². The van der Waals surface area contributed by atoms with E-state index in [0.717, 1.165) is 35.9 Å². The zero-order valence-electron chi connectivity index (χ0n) is 12.2. The van der Waals surface area contributed by atoms with Crippen molar-refractivity contribution in [3.63, 3.8) is 0 Å². The van der Waals surface area contributed by atoms with E-state index in [2.05, 4.69) is 31.0 Å². The van der Waals surface area contributed by atoms with Gasteiger partial charge in [-0.2, -0.15) is 0 Å². The number of nitrogens with two attached hydrogens (primary N) is 1. The maximum Gasteiger partial charge on any atom is 0.145 e. The molecule has 0 bridgehead atoms. The minimum atomic E-state index is 0.122. The van der Waals surface area contributed by atoms with E-state index in [1.165, 1.54) is 0 Å². The van der Waals surface area contributed by atoms with Crippen LogP contribution in [0.25, 0.3) is 10.9 Å². The van der Waals surface area contributed by atoms with Crippen molar-refractivity contribution in [2.45, 2.75) is 45.3 Å². The maximum absolute atomic E-state index is 6.29. The molecule has 1 aliphatic carbocycles. The van der Waals surface area contributed by atoms with Crippen LogP contribution < -0.4 is 10.5 Å². The molecular weight excluding hydrogens is 248 g/mol. The van der Waals surface area contributed by atoms with E-state index >= 15 is 0 Å². The maximum atomic E-state index is 6.29. The van der Waals surface area contributed by atoms with Crippen LogP contribution in [0.5, 0.6) is 5.75 Å². The van der Waals surface area contributed by atoms with Gasteiger partial charge in [-0.05, 0) is 25.0 Å². The van der Waals surface area contributed by atoms with E-state index in [0.29, 0.717) is 0 Å². The number of pyridine rings is 1. The monoisotopic (exact) mass is 270 g/mol. The van der Waals surface area contributed by atoms with Crippen molar-refractivity contribution < 1.29 is 4.74 Å². The van der Waals surface area contributed by atoms with E-state index in [4.69, 9.17) is 10.5 Å². The summed E-state index contributed by atoms with van der Waals surface area (Å²) in [4.78, 5) is 4.45. The Morgan fingerprint density at radius 2 is 2.00 bits per heavy atom. The number of rotatable bonds is 4. The zero-order valence-corrected chi connectivity index (χ0v) is 12.2. The van der Waals surface area contributed by atoms with E-state index in [9.17, 15) is 0 Å². The first-order valence-corrected chi connectivity index (χ1v) is 7.47. The second-order valence-corrected chi connectivity index (χ2v) is 5.72. The Hall–Kier alpha value is -1.61. The molecule has 20 heavy (non-hydrogen) atoms. The number of hydrogen-bond acceptors (Lipinski definition) is 3. The summed E-state index contributed by atoms with van der Waals surface area (Å²) < 4.78 is 6.29. The summed E-state index contributed by atoms with van der Waals surface area (Å²) in [5.41, 5.74) is 7.30. The van der Waals surface area contributed by atoms with Crippen molar-refractivity contribution in [1.82, 2.24) is 4.98 Å². The van der Waals surface area contributed by atoms with Gasteiger partial charge in [0, 0.05) is 29.5 Å². The minimum absolute atomic E-state index is 0.122. The largest absolute Gasteiger partial charge is 0.487 e. The number of ether oxygens (including phenoxy) is 1. The highest BCUT2D eigenvalue weighted by atomic mass is 16.5. The van der Waals surface area contributed by atoms with Crippen molar-refractivity contribution in [2.24, 2.45) is 11.1 Å². The fraction of sp³-hybridized carbons (Fsp3) is 0.471. The lowest BCUT2D eigenvalue weighted by Crippen LogP contribution is -2.62. The van der Waals surface area contributed by atoms with Crippen LogP contribution in [-0.2, 0) is 0 Å². The van der Waals surface area contributed by atoms with E-state index < -0.39 is 0 Å². The van der Waals surface area contributed by atoms with Crippen LogP contribution in [0.2, 0.25) is 0 Å². The predicted molar refractivity (Wildman–Crippen MR) is 81.8 cm³/mol. The van der Waals surface area contributed by atoms with Gasteiger partial charge in [-0.25, -0.2) is 0 Å². The van der Waals surface area contributed by atoms with Crippen LogP contribution in [-0.4, -0.2) is 17.1 Å². The van der Waals surface area contributed by atoms with Crippen LogP contribution in [0.15, 0.2) is 36.5 Å². The van der Waals surface area contributed by atoms with Gasteiger partial charge >= 0.3 is 0 Å². The number of benzene rings is 1. The molecule has 3 heteroatoms. The fourth-order valence-electron chi connectivity index (χ4n) is 3.50. The molecule has 0 saturated heterocycles.